The Morgan fingerprint density at radius 1 is 1.67 bits per heavy atom. The fraction of sp³-hybridized carbons (Fsp3) is 0. The highest BCUT2D eigenvalue weighted by Crippen LogP contribution is 2.14. The van der Waals surface area contributed by atoms with Crippen LogP contribution in [0.5, 0.6) is 0 Å². The zero-order chi connectivity index (χ0) is 9.35. The molecule has 0 saturated carbocycles. The van der Waals surface area contributed by atoms with Crippen molar-refractivity contribution in [1.82, 2.24) is 4.37 Å². The van der Waals surface area contributed by atoms with E-state index in [0.717, 1.165) is 16.9 Å². The maximum absolute atomic E-state index is 10.7. The number of sulfonamides is 1. The number of nitrogens with zero attached hydrogens (tertiary/aromatic N) is 1. The summed E-state index contributed by atoms with van der Waals surface area (Å²) in [5, 5.41) is 14.2. The lowest BCUT2D eigenvalue weighted by Crippen LogP contribution is -2.15. The van der Waals surface area contributed by atoms with Gasteiger partial charge in [-0.05, 0) is 11.5 Å². The van der Waals surface area contributed by atoms with E-state index in [4.69, 9.17) is 10.2 Å². The lowest BCUT2D eigenvalue weighted by molar-refractivity contribution is 0.0687. The average molecular weight is 208 g/mol. The molecule has 0 amide bonds. The van der Waals surface area contributed by atoms with Crippen LogP contribution in [0.4, 0.5) is 0 Å². The highest BCUT2D eigenvalue weighted by Gasteiger charge is 2.21. The van der Waals surface area contributed by atoms with Crippen LogP contribution < -0.4 is 5.14 Å². The van der Waals surface area contributed by atoms with Gasteiger partial charge >= 0.3 is 5.97 Å². The minimum atomic E-state index is -3.97. The molecule has 0 fully saturated rings. The summed E-state index contributed by atoms with van der Waals surface area (Å²) in [5.74, 6) is -1.40. The molecule has 3 N–H and O–H groups in total. The van der Waals surface area contributed by atoms with E-state index < -0.39 is 26.6 Å². The molecular formula is C4H4N2O4S2. The van der Waals surface area contributed by atoms with Crippen LogP contribution in [0, 0.1) is 0 Å². The third-order valence-electron chi connectivity index (χ3n) is 1.05. The molecule has 66 valence electrons. The summed E-state index contributed by atoms with van der Waals surface area (Å²) in [5.41, 5.74) is -0.525. The van der Waals surface area contributed by atoms with Gasteiger partial charge in [-0.1, -0.05) is 0 Å². The first-order chi connectivity index (χ1) is 5.43. The van der Waals surface area contributed by atoms with E-state index in [1.54, 1.807) is 0 Å². The molecule has 0 unspecified atom stereocenters. The van der Waals surface area contributed by atoms with Crippen molar-refractivity contribution in [2.24, 2.45) is 5.14 Å². The van der Waals surface area contributed by atoms with Gasteiger partial charge in [0.15, 0.2) is 5.69 Å². The lowest BCUT2D eigenvalue weighted by Gasteiger charge is -1.92. The van der Waals surface area contributed by atoms with Crippen LogP contribution in [0.15, 0.2) is 10.3 Å². The molecule has 0 atom stereocenters. The number of hydrogen-bond donors (Lipinski definition) is 2. The maximum atomic E-state index is 10.7. The molecule has 12 heavy (non-hydrogen) atoms. The summed E-state index contributed by atoms with van der Waals surface area (Å²) >= 11 is 0.731. The first-order valence-corrected chi connectivity index (χ1v) is 5.01. The van der Waals surface area contributed by atoms with Crippen LogP contribution in [0.2, 0.25) is 0 Å². The van der Waals surface area contributed by atoms with Gasteiger partial charge in [0.1, 0.15) is 4.90 Å². The van der Waals surface area contributed by atoms with Crippen molar-refractivity contribution in [3.63, 3.8) is 0 Å². The molecule has 0 saturated heterocycles. The van der Waals surface area contributed by atoms with Gasteiger partial charge in [0.25, 0.3) is 0 Å². The Balaban J connectivity index is 3.36. The fourth-order valence-electron chi connectivity index (χ4n) is 0.574. The van der Waals surface area contributed by atoms with Crippen LogP contribution >= 0.6 is 11.5 Å². The highest BCUT2D eigenvalue weighted by atomic mass is 32.2. The van der Waals surface area contributed by atoms with Crippen LogP contribution in [0.25, 0.3) is 0 Å². The van der Waals surface area contributed by atoms with Gasteiger partial charge in [-0.2, -0.15) is 4.37 Å². The zero-order valence-corrected chi connectivity index (χ0v) is 7.22. The first-order valence-electron chi connectivity index (χ1n) is 2.63. The van der Waals surface area contributed by atoms with Crippen molar-refractivity contribution >= 4 is 27.5 Å². The second-order valence-electron chi connectivity index (χ2n) is 1.88. The smallest absolute Gasteiger partial charge is 0.357 e. The quantitative estimate of drug-likeness (QED) is 0.680. The largest absolute Gasteiger partial charge is 0.476 e. The Labute approximate surface area is 71.9 Å². The number of primary sulfonamides is 1. The molecule has 0 aliphatic heterocycles. The molecule has 1 aromatic heterocycles. The van der Waals surface area contributed by atoms with Gasteiger partial charge in [-0.15, -0.1) is 0 Å². The molecular weight excluding hydrogens is 204 g/mol. The monoisotopic (exact) mass is 208 g/mol. The molecule has 0 spiro atoms. The zero-order valence-electron chi connectivity index (χ0n) is 5.59. The summed E-state index contributed by atoms with van der Waals surface area (Å²) in [6, 6.07) is 0. The molecule has 6 nitrogen and oxygen atoms in total. The second kappa shape index (κ2) is 2.81. The summed E-state index contributed by atoms with van der Waals surface area (Å²) in [6.07, 6.45) is 0. The van der Waals surface area contributed by atoms with E-state index in [1.807, 2.05) is 0 Å². The van der Waals surface area contributed by atoms with Gasteiger partial charge in [0.05, 0.1) is 0 Å². The number of nitrogens with two attached hydrogens (primary N) is 1. The Kier molecular flexibility index (Phi) is 2.13. The Bertz CT molecular complexity index is 406. The van der Waals surface area contributed by atoms with Gasteiger partial charge in [-0.3, -0.25) is 0 Å². The molecule has 0 aliphatic carbocycles. The number of carbonyl (C=O) groups is 1. The predicted octanol–water partition coefficient (Wildman–Crippen LogP) is -0.511. The maximum Gasteiger partial charge on any atom is 0.357 e. The summed E-state index contributed by atoms with van der Waals surface area (Å²) in [4.78, 5) is 9.91. The van der Waals surface area contributed by atoms with E-state index in [2.05, 4.69) is 4.37 Å². The van der Waals surface area contributed by atoms with Gasteiger partial charge in [-0.25, -0.2) is 18.4 Å². The lowest BCUT2D eigenvalue weighted by atomic mass is 10.4. The van der Waals surface area contributed by atoms with Gasteiger partial charge in [0.2, 0.25) is 10.0 Å². The Morgan fingerprint density at radius 3 is 2.58 bits per heavy atom. The van der Waals surface area contributed by atoms with E-state index in [1.165, 1.54) is 0 Å². The number of carboxylic acid groups (broad SMARTS) is 1. The molecule has 0 aliphatic rings. The van der Waals surface area contributed by atoms with E-state index in [-0.39, 0.29) is 0 Å². The molecule has 0 radical (unpaired) electrons. The summed E-state index contributed by atoms with van der Waals surface area (Å²) in [7, 11) is -3.97. The first kappa shape index (κ1) is 9.10. The topological polar surface area (TPSA) is 110 Å². The second-order valence-corrected chi connectivity index (χ2v) is 4.04. The fourth-order valence-corrected chi connectivity index (χ4v) is 2.24. The minimum absolute atomic E-state index is 0.444. The third kappa shape index (κ3) is 1.60. The van der Waals surface area contributed by atoms with Crippen molar-refractivity contribution in [1.29, 1.82) is 0 Å². The van der Waals surface area contributed by atoms with E-state index >= 15 is 0 Å². The molecule has 1 heterocycles. The predicted molar refractivity (Wildman–Crippen MR) is 40.4 cm³/mol. The third-order valence-corrected chi connectivity index (χ3v) is 2.75. The standard InChI is InChI=1S/C4H4N2O4S2/c5-12(9,10)2-1-11-6-3(2)4(7)8/h1H,(H,7,8)(H2,5,9,10). The molecule has 1 rings (SSSR count). The molecule has 0 bridgehead atoms. The van der Waals surface area contributed by atoms with Crippen molar-refractivity contribution < 1.29 is 18.3 Å². The van der Waals surface area contributed by atoms with Crippen molar-refractivity contribution in [3.05, 3.63) is 11.1 Å². The molecule has 8 heteroatoms. The van der Waals surface area contributed by atoms with Gasteiger partial charge in [0, 0.05) is 5.38 Å². The number of carboxylic acids is 1. The van der Waals surface area contributed by atoms with Crippen LogP contribution in [0.3, 0.4) is 0 Å². The number of rotatable bonds is 2. The summed E-state index contributed by atoms with van der Waals surface area (Å²) in [6.45, 7) is 0. The Hall–Kier alpha value is -0.990. The normalized spacial score (nSPS) is 11.4. The minimum Gasteiger partial charge on any atom is -0.476 e. The highest BCUT2D eigenvalue weighted by molar-refractivity contribution is 7.89. The van der Waals surface area contributed by atoms with E-state index in [0.29, 0.717) is 0 Å². The summed E-state index contributed by atoms with van der Waals surface area (Å²) < 4.78 is 24.8. The van der Waals surface area contributed by atoms with Crippen LogP contribution in [0.1, 0.15) is 10.5 Å². The van der Waals surface area contributed by atoms with E-state index in [9.17, 15) is 13.2 Å². The van der Waals surface area contributed by atoms with Crippen molar-refractivity contribution in [2.45, 2.75) is 4.90 Å². The van der Waals surface area contributed by atoms with Crippen LogP contribution in [-0.2, 0) is 10.0 Å². The molecule has 0 aromatic carbocycles. The molecule has 1 aromatic rings. The van der Waals surface area contributed by atoms with Crippen LogP contribution in [-0.4, -0.2) is 23.9 Å². The number of hydrogen-bond acceptors (Lipinski definition) is 5. The number of aromatic carboxylic acids is 1. The van der Waals surface area contributed by atoms with Crippen molar-refractivity contribution in [2.75, 3.05) is 0 Å². The SMILES string of the molecule is NS(=O)(=O)c1csnc1C(=O)O. The van der Waals surface area contributed by atoms with Crippen molar-refractivity contribution in [3.8, 4) is 0 Å². The van der Waals surface area contributed by atoms with Gasteiger partial charge < -0.3 is 5.11 Å². The average Bonchev–Trinajstić information content (AvgIpc) is 2.30. The number of aromatic nitrogens is 1. The Morgan fingerprint density at radius 2 is 2.25 bits per heavy atom.